The van der Waals surface area contributed by atoms with Crippen LogP contribution >= 0.6 is 0 Å². The number of ether oxygens (including phenoxy) is 2. The number of halogens is 3. The normalized spacial score (nSPS) is 20.8. The summed E-state index contributed by atoms with van der Waals surface area (Å²) >= 11 is 0. The molecule has 9 heteroatoms. The first kappa shape index (κ1) is 23.2. The summed E-state index contributed by atoms with van der Waals surface area (Å²) in [4.78, 5) is 18.8. The molecule has 0 unspecified atom stereocenters. The van der Waals surface area contributed by atoms with E-state index in [2.05, 4.69) is 4.99 Å². The van der Waals surface area contributed by atoms with Crippen molar-refractivity contribution in [3.8, 4) is 5.75 Å². The number of benzene rings is 1. The fraction of sp³-hybridized carbons (Fsp3) is 0.636. The van der Waals surface area contributed by atoms with E-state index in [1.807, 2.05) is 19.1 Å². The van der Waals surface area contributed by atoms with E-state index in [9.17, 15) is 18.0 Å². The molecule has 1 heterocycles. The zero-order chi connectivity index (χ0) is 23.0. The molecule has 0 saturated carbocycles. The van der Waals surface area contributed by atoms with Crippen LogP contribution in [0.3, 0.4) is 0 Å². The molecule has 2 N–H and O–H groups in total. The number of aliphatic imine (C=N–C) groups is 1. The summed E-state index contributed by atoms with van der Waals surface area (Å²) in [6.45, 7) is 6.98. The molecule has 0 saturated heterocycles. The molecule has 6 nitrogen and oxygen atoms in total. The molecule has 1 aromatic rings. The van der Waals surface area contributed by atoms with Crippen molar-refractivity contribution in [2.24, 2.45) is 10.7 Å². The van der Waals surface area contributed by atoms with Gasteiger partial charge in [-0.3, -0.25) is 0 Å². The van der Waals surface area contributed by atoms with Gasteiger partial charge in [0.05, 0.1) is 6.04 Å². The monoisotopic (exact) mass is 441 g/mol. The second-order valence-electron chi connectivity index (χ2n) is 9.12. The molecule has 3 rings (SSSR count). The fourth-order valence-corrected chi connectivity index (χ4v) is 3.93. The van der Waals surface area contributed by atoms with E-state index in [1.165, 1.54) is 4.90 Å². The highest BCUT2D eigenvalue weighted by Gasteiger charge is 2.35. The second-order valence-corrected chi connectivity index (χ2v) is 9.12. The number of rotatable bonds is 4. The van der Waals surface area contributed by atoms with E-state index in [0.29, 0.717) is 23.7 Å². The van der Waals surface area contributed by atoms with Crippen molar-refractivity contribution in [1.82, 2.24) is 4.90 Å². The quantitative estimate of drug-likeness (QED) is 0.677. The van der Waals surface area contributed by atoms with Crippen LogP contribution in [0.4, 0.5) is 23.7 Å². The minimum atomic E-state index is -4.27. The van der Waals surface area contributed by atoms with Gasteiger partial charge in [-0.05, 0) is 76.6 Å². The molecule has 2 atom stereocenters. The number of carbonyl (C=O) groups excluding carboxylic acids is 1. The first-order valence-electron chi connectivity index (χ1n) is 10.6. The Bertz CT molecular complexity index is 862. The van der Waals surface area contributed by atoms with Crippen molar-refractivity contribution in [3.05, 3.63) is 23.3 Å². The number of alkyl halides is 3. The number of amides is 1. The molecule has 31 heavy (non-hydrogen) atoms. The smallest absolute Gasteiger partial charge is 0.410 e. The third-order valence-corrected chi connectivity index (χ3v) is 5.34. The van der Waals surface area contributed by atoms with E-state index >= 15 is 0 Å². The van der Waals surface area contributed by atoms with Gasteiger partial charge in [-0.1, -0.05) is 0 Å². The molecule has 0 spiro atoms. The average Bonchev–Trinajstić information content (AvgIpc) is 2.62. The number of nitrogens with two attached hydrogens (primary N) is 1. The molecule has 1 aliphatic heterocycles. The van der Waals surface area contributed by atoms with E-state index in [4.69, 9.17) is 15.2 Å². The van der Waals surface area contributed by atoms with Gasteiger partial charge >= 0.3 is 12.3 Å². The maximum atomic E-state index is 13.0. The Morgan fingerprint density at radius 2 is 2.03 bits per heavy atom. The van der Waals surface area contributed by atoms with Gasteiger partial charge in [-0.15, -0.1) is 0 Å². The van der Waals surface area contributed by atoms with Crippen LogP contribution in [0.5, 0.6) is 5.75 Å². The van der Waals surface area contributed by atoms with E-state index in [0.717, 1.165) is 24.0 Å². The molecular weight excluding hydrogens is 411 g/mol. The number of carbonyl (C=O) groups is 1. The summed E-state index contributed by atoms with van der Waals surface area (Å²) in [6.07, 6.45) is -4.13. The molecule has 0 aromatic heterocycles. The summed E-state index contributed by atoms with van der Waals surface area (Å²) in [5, 5.41) is 0. The largest absolute Gasteiger partial charge is 0.481 e. The van der Waals surface area contributed by atoms with E-state index in [1.54, 1.807) is 20.8 Å². The number of hydrogen-bond acceptors (Lipinski definition) is 5. The van der Waals surface area contributed by atoms with Gasteiger partial charge < -0.3 is 20.1 Å². The van der Waals surface area contributed by atoms with Gasteiger partial charge in [0.2, 0.25) is 0 Å². The van der Waals surface area contributed by atoms with Gasteiger partial charge in [0, 0.05) is 13.0 Å². The van der Waals surface area contributed by atoms with Crippen molar-refractivity contribution >= 4 is 17.6 Å². The molecule has 0 radical (unpaired) electrons. The first-order valence-corrected chi connectivity index (χ1v) is 10.6. The molecule has 1 aliphatic carbocycles. The van der Waals surface area contributed by atoms with Crippen LogP contribution in [0.15, 0.2) is 17.1 Å². The van der Waals surface area contributed by atoms with Crippen LogP contribution in [-0.4, -0.2) is 41.3 Å². The van der Waals surface area contributed by atoms with Gasteiger partial charge in [-0.2, -0.15) is 13.2 Å². The summed E-state index contributed by atoms with van der Waals surface area (Å²) in [6, 6.07) is 3.36. The van der Waals surface area contributed by atoms with E-state index < -0.39 is 30.3 Å². The predicted octanol–water partition coefficient (Wildman–Crippen LogP) is 5.41. The Kier molecular flexibility index (Phi) is 6.43. The lowest BCUT2D eigenvalue weighted by Crippen LogP contribution is -2.41. The van der Waals surface area contributed by atoms with Crippen molar-refractivity contribution in [2.45, 2.75) is 83.7 Å². The zero-order valence-electron chi connectivity index (χ0n) is 18.4. The fourth-order valence-electron chi connectivity index (χ4n) is 3.93. The predicted molar refractivity (Wildman–Crippen MR) is 112 cm³/mol. The first-order chi connectivity index (χ1) is 14.3. The highest BCUT2D eigenvalue weighted by atomic mass is 19.4. The number of hydrogen-bond donors (Lipinski definition) is 1. The van der Waals surface area contributed by atoms with Crippen molar-refractivity contribution in [1.29, 1.82) is 0 Å². The highest BCUT2D eigenvalue weighted by Crippen LogP contribution is 2.43. The Morgan fingerprint density at radius 1 is 1.32 bits per heavy atom. The van der Waals surface area contributed by atoms with Crippen molar-refractivity contribution < 1.29 is 27.4 Å². The summed E-state index contributed by atoms with van der Waals surface area (Å²) < 4.78 is 49.6. The second kappa shape index (κ2) is 8.59. The van der Waals surface area contributed by atoms with Gasteiger partial charge in [0.15, 0.2) is 6.10 Å². The van der Waals surface area contributed by atoms with Crippen molar-refractivity contribution in [2.75, 3.05) is 6.54 Å². The summed E-state index contributed by atoms with van der Waals surface area (Å²) in [7, 11) is 0. The topological polar surface area (TPSA) is 77.2 Å². The number of fused-ring (bicyclic) bond motifs is 2. The molecular formula is C22H30F3N3O3. The molecule has 0 fully saturated rings. The van der Waals surface area contributed by atoms with Gasteiger partial charge in [0.25, 0.3) is 0 Å². The lowest BCUT2D eigenvalue weighted by molar-refractivity contribution is -0.136. The molecule has 1 aromatic carbocycles. The van der Waals surface area contributed by atoms with Crippen LogP contribution < -0.4 is 10.5 Å². The molecule has 0 bridgehead atoms. The standard InChI is InChI=1S/C22H30F3N3O3/c1-13-19(26)27-16-12-15-14(11-18(16)30-13)7-5-8-17(15)28(10-6-9-22(23,24)25)20(29)31-21(2,3)4/h11-13,17H,5-10H2,1-4H3,(H2,26,27)/t13-,17+/m0/s1. The average molecular weight is 441 g/mol. The van der Waals surface area contributed by atoms with Crippen LogP contribution in [-0.2, 0) is 11.2 Å². The van der Waals surface area contributed by atoms with Crippen molar-refractivity contribution in [3.63, 3.8) is 0 Å². The lowest BCUT2D eigenvalue weighted by Gasteiger charge is -2.37. The minimum absolute atomic E-state index is 0.0471. The SMILES string of the molecule is C[C@@H]1Oc2cc3c(cc2N=C1N)[C@H](N(CCCC(F)(F)F)C(=O)OC(C)(C)C)CCC3. The Balaban J connectivity index is 1.93. The lowest BCUT2D eigenvalue weighted by atomic mass is 9.86. The molecule has 1 amide bonds. The zero-order valence-corrected chi connectivity index (χ0v) is 18.4. The van der Waals surface area contributed by atoms with Gasteiger partial charge in [-0.25, -0.2) is 9.79 Å². The molecule has 2 aliphatic rings. The van der Waals surface area contributed by atoms with Crippen LogP contribution in [0, 0.1) is 0 Å². The van der Waals surface area contributed by atoms with Crippen LogP contribution in [0.2, 0.25) is 0 Å². The number of nitrogens with zero attached hydrogens (tertiary/aromatic N) is 2. The van der Waals surface area contributed by atoms with Crippen LogP contribution in [0.1, 0.15) is 70.5 Å². The number of amidine groups is 1. The third kappa shape index (κ3) is 5.83. The Labute approximate surface area is 180 Å². The Morgan fingerprint density at radius 3 is 2.68 bits per heavy atom. The highest BCUT2D eigenvalue weighted by molar-refractivity contribution is 5.90. The third-order valence-electron chi connectivity index (χ3n) is 5.34. The van der Waals surface area contributed by atoms with E-state index in [-0.39, 0.29) is 19.1 Å². The molecule has 172 valence electrons. The Hall–Kier alpha value is -2.45. The maximum absolute atomic E-state index is 13.0. The summed E-state index contributed by atoms with van der Waals surface area (Å²) in [5.74, 6) is 0.982. The minimum Gasteiger partial charge on any atom is -0.481 e. The summed E-state index contributed by atoms with van der Waals surface area (Å²) in [5.41, 5.74) is 7.60. The van der Waals surface area contributed by atoms with Gasteiger partial charge in [0.1, 0.15) is 22.9 Å². The van der Waals surface area contributed by atoms with Crippen LogP contribution in [0.25, 0.3) is 0 Å². The maximum Gasteiger partial charge on any atom is 0.410 e. The number of aryl methyl sites for hydroxylation is 1.